The molecule has 0 unspecified atom stereocenters. The van der Waals surface area contributed by atoms with Gasteiger partial charge in [0.25, 0.3) is 0 Å². The summed E-state index contributed by atoms with van der Waals surface area (Å²) < 4.78 is 0. The van der Waals surface area contributed by atoms with Crippen LogP contribution in [0.2, 0.25) is 0 Å². The molecule has 0 atom stereocenters. The lowest BCUT2D eigenvalue weighted by molar-refractivity contribution is -0.117. The fourth-order valence-electron chi connectivity index (χ4n) is 1.67. The summed E-state index contributed by atoms with van der Waals surface area (Å²) in [5.41, 5.74) is 0. The fourth-order valence-corrected chi connectivity index (χ4v) is 1.67. The molecule has 0 aromatic rings. The molecule has 0 N–H and O–H groups in total. The molecule has 4 nitrogen and oxygen atoms in total. The van der Waals surface area contributed by atoms with Crippen LogP contribution in [-0.4, -0.2) is 74.5 Å². The minimum atomic E-state index is 0.871. The van der Waals surface area contributed by atoms with Gasteiger partial charge in [0.15, 0.2) is 0 Å². The molecule has 1 saturated heterocycles. The number of hydrogen-bond donors (Lipinski definition) is 0. The summed E-state index contributed by atoms with van der Waals surface area (Å²) in [6, 6.07) is 0. The topological polar surface area (TPSA) is 26.8 Å². The van der Waals surface area contributed by atoms with Crippen molar-refractivity contribution < 1.29 is 4.79 Å². The lowest BCUT2D eigenvalue weighted by Crippen LogP contribution is -2.45. The number of amides is 1. The van der Waals surface area contributed by atoms with E-state index in [0.717, 1.165) is 25.9 Å². The minimum Gasteiger partial charge on any atom is -0.348 e. The normalized spacial score (nSPS) is 19.6. The minimum absolute atomic E-state index is 0.871. The van der Waals surface area contributed by atoms with E-state index in [9.17, 15) is 4.79 Å². The van der Waals surface area contributed by atoms with Crippen LogP contribution >= 0.6 is 0 Å². The molecule has 1 rings (SSSR count). The number of likely N-dealkylation sites (N-methyl/N-ethyl adjacent to an activating group) is 1. The Bertz CT molecular complexity index is 167. The Morgan fingerprint density at radius 3 is 2.50 bits per heavy atom. The lowest BCUT2D eigenvalue weighted by atomic mass is 10.3. The van der Waals surface area contributed by atoms with Crippen LogP contribution in [0.25, 0.3) is 0 Å². The van der Waals surface area contributed by atoms with E-state index in [2.05, 4.69) is 16.8 Å². The fraction of sp³-hybridized carbons (Fsp3) is 0.900. The van der Waals surface area contributed by atoms with Gasteiger partial charge in [0, 0.05) is 39.8 Å². The van der Waals surface area contributed by atoms with Gasteiger partial charge in [0.1, 0.15) is 0 Å². The number of rotatable bonds is 5. The van der Waals surface area contributed by atoms with Crippen LogP contribution in [-0.2, 0) is 4.79 Å². The van der Waals surface area contributed by atoms with E-state index in [4.69, 9.17) is 0 Å². The molecule has 1 aliphatic rings. The van der Waals surface area contributed by atoms with E-state index in [1.807, 2.05) is 7.05 Å². The molecule has 4 heteroatoms. The zero-order valence-corrected chi connectivity index (χ0v) is 9.28. The van der Waals surface area contributed by atoms with Gasteiger partial charge in [-0.1, -0.05) is 0 Å². The molecule has 0 saturated carbocycles. The van der Waals surface area contributed by atoms with Crippen LogP contribution in [0.1, 0.15) is 6.42 Å². The van der Waals surface area contributed by atoms with Crippen molar-refractivity contribution in [2.24, 2.45) is 0 Å². The Balaban J connectivity index is 2.04. The van der Waals surface area contributed by atoms with Crippen molar-refractivity contribution in [3.05, 3.63) is 0 Å². The first-order chi connectivity index (χ1) is 6.72. The lowest BCUT2D eigenvalue weighted by Gasteiger charge is -2.32. The molecule has 82 valence electrons. The molecule has 1 fully saturated rings. The van der Waals surface area contributed by atoms with E-state index in [1.54, 1.807) is 4.90 Å². The smallest absolute Gasteiger partial charge is 0.209 e. The second-order valence-corrected chi connectivity index (χ2v) is 4.08. The molecule has 1 amide bonds. The van der Waals surface area contributed by atoms with Gasteiger partial charge in [-0.05, 0) is 20.0 Å². The van der Waals surface area contributed by atoms with Crippen molar-refractivity contribution in [3.63, 3.8) is 0 Å². The first-order valence-corrected chi connectivity index (χ1v) is 5.29. The Labute approximate surface area is 86.5 Å². The van der Waals surface area contributed by atoms with E-state index in [0.29, 0.717) is 0 Å². The quantitative estimate of drug-likeness (QED) is 0.569. The zero-order valence-electron chi connectivity index (χ0n) is 9.28. The molecular weight excluding hydrogens is 178 g/mol. The van der Waals surface area contributed by atoms with Crippen LogP contribution in [0.5, 0.6) is 0 Å². The number of nitrogens with zero attached hydrogens (tertiary/aromatic N) is 3. The predicted octanol–water partition coefficient (Wildman–Crippen LogP) is -0.288. The van der Waals surface area contributed by atoms with Gasteiger partial charge >= 0.3 is 0 Å². The molecule has 0 aliphatic carbocycles. The van der Waals surface area contributed by atoms with Crippen molar-refractivity contribution in [3.8, 4) is 0 Å². The molecular formula is C10H21N3O. The molecule has 1 heterocycles. The number of piperazine rings is 1. The van der Waals surface area contributed by atoms with E-state index >= 15 is 0 Å². The van der Waals surface area contributed by atoms with E-state index < -0.39 is 0 Å². The highest BCUT2D eigenvalue weighted by Gasteiger charge is 2.12. The van der Waals surface area contributed by atoms with E-state index in [-0.39, 0.29) is 0 Å². The van der Waals surface area contributed by atoms with Crippen LogP contribution in [0.15, 0.2) is 0 Å². The highest BCUT2D eigenvalue weighted by Crippen LogP contribution is 2.00. The third-order valence-electron chi connectivity index (χ3n) is 2.76. The number of carbonyl (C=O) groups is 1. The predicted molar refractivity (Wildman–Crippen MR) is 57.2 cm³/mol. The summed E-state index contributed by atoms with van der Waals surface area (Å²) in [5.74, 6) is 0. The van der Waals surface area contributed by atoms with Crippen LogP contribution in [0.3, 0.4) is 0 Å². The van der Waals surface area contributed by atoms with Crippen LogP contribution < -0.4 is 0 Å². The first kappa shape index (κ1) is 11.5. The van der Waals surface area contributed by atoms with Crippen molar-refractivity contribution >= 4 is 6.41 Å². The summed E-state index contributed by atoms with van der Waals surface area (Å²) in [4.78, 5) is 16.9. The second-order valence-electron chi connectivity index (χ2n) is 4.08. The van der Waals surface area contributed by atoms with Crippen molar-refractivity contribution in [2.75, 3.05) is 53.4 Å². The van der Waals surface area contributed by atoms with Crippen molar-refractivity contribution in [2.45, 2.75) is 6.42 Å². The number of hydrogen-bond acceptors (Lipinski definition) is 3. The van der Waals surface area contributed by atoms with Gasteiger partial charge < -0.3 is 14.7 Å². The molecule has 0 spiro atoms. The average Bonchev–Trinajstić information content (AvgIpc) is 2.21. The van der Waals surface area contributed by atoms with Gasteiger partial charge in [-0.15, -0.1) is 0 Å². The Morgan fingerprint density at radius 1 is 1.29 bits per heavy atom. The van der Waals surface area contributed by atoms with Gasteiger partial charge in [0.05, 0.1) is 0 Å². The van der Waals surface area contributed by atoms with Crippen LogP contribution in [0.4, 0.5) is 0 Å². The highest BCUT2D eigenvalue weighted by atomic mass is 16.1. The average molecular weight is 199 g/mol. The summed E-state index contributed by atoms with van der Waals surface area (Å²) in [6.07, 6.45) is 1.98. The maximum atomic E-state index is 10.3. The molecule has 14 heavy (non-hydrogen) atoms. The number of carbonyl (C=O) groups excluding carboxylic acids is 1. The van der Waals surface area contributed by atoms with Gasteiger partial charge in [-0.25, -0.2) is 0 Å². The van der Waals surface area contributed by atoms with Gasteiger partial charge in [-0.2, -0.15) is 0 Å². The van der Waals surface area contributed by atoms with E-state index in [1.165, 1.54) is 26.2 Å². The first-order valence-electron chi connectivity index (χ1n) is 5.29. The summed E-state index contributed by atoms with van der Waals surface area (Å²) in [7, 11) is 3.99. The molecule has 0 aromatic carbocycles. The molecule has 0 bridgehead atoms. The van der Waals surface area contributed by atoms with Crippen molar-refractivity contribution in [1.29, 1.82) is 0 Å². The zero-order chi connectivity index (χ0) is 10.4. The third-order valence-corrected chi connectivity index (χ3v) is 2.76. The Morgan fingerprint density at radius 2 is 1.93 bits per heavy atom. The Kier molecular flexibility index (Phi) is 4.90. The summed E-state index contributed by atoms with van der Waals surface area (Å²) >= 11 is 0. The van der Waals surface area contributed by atoms with Crippen molar-refractivity contribution in [1.82, 2.24) is 14.7 Å². The monoisotopic (exact) mass is 199 g/mol. The third kappa shape index (κ3) is 4.07. The second kappa shape index (κ2) is 5.98. The summed E-state index contributed by atoms with van der Waals surface area (Å²) in [5, 5.41) is 0. The highest BCUT2D eigenvalue weighted by molar-refractivity contribution is 5.46. The maximum absolute atomic E-state index is 10.3. The van der Waals surface area contributed by atoms with Gasteiger partial charge in [0.2, 0.25) is 6.41 Å². The van der Waals surface area contributed by atoms with Gasteiger partial charge in [-0.3, -0.25) is 4.79 Å². The largest absolute Gasteiger partial charge is 0.348 e. The van der Waals surface area contributed by atoms with Crippen LogP contribution in [0, 0.1) is 0 Å². The SMILES string of the molecule is CN(C=O)CCCN1CCN(C)CC1. The Hall–Kier alpha value is -0.610. The molecule has 0 radical (unpaired) electrons. The summed E-state index contributed by atoms with van der Waals surface area (Å²) in [6.45, 7) is 6.66. The molecule has 0 aromatic heterocycles. The molecule has 1 aliphatic heterocycles. The maximum Gasteiger partial charge on any atom is 0.209 e. The standard InChI is InChI=1S/C10H21N3O/c1-11-6-8-13(9-7-11)5-3-4-12(2)10-14/h10H,3-9H2,1-2H3.